The van der Waals surface area contributed by atoms with Gasteiger partial charge in [0.05, 0.1) is 7.11 Å². The number of anilines is 1. The molecule has 2 saturated heterocycles. The number of benzene rings is 1. The lowest BCUT2D eigenvalue weighted by atomic mass is 10.1. The third-order valence-corrected chi connectivity index (χ3v) is 4.46. The van der Waals surface area contributed by atoms with Crippen LogP contribution in [0.4, 0.5) is 10.5 Å². The average molecular weight is 360 g/mol. The zero-order chi connectivity index (χ0) is 18.7. The van der Waals surface area contributed by atoms with Crippen molar-refractivity contribution in [3.8, 4) is 5.75 Å². The molecule has 0 radical (unpaired) electrons. The molecule has 2 heterocycles. The first-order chi connectivity index (χ1) is 12.5. The summed E-state index contributed by atoms with van der Waals surface area (Å²) in [6, 6.07) is 5.92. The smallest absolute Gasteiger partial charge is 0.322 e. The molecule has 0 saturated carbocycles. The van der Waals surface area contributed by atoms with E-state index in [9.17, 15) is 19.2 Å². The van der Waals surface area contributed by atoms with Gasteiger partial charge in [-0.1, -0.05) is 0 Å². The molecule has 0 unspecified atom stereocenters. The molecule has 2 aliphatic rings. The van der Waals surface area contributed by atoms with Crippen LogP contribution in [-0.2, 0) is 14.4 Å². The summed E-state index contributed by atoms with van der Waals surface area (Å²) in [5.74, 6) is -0.0930. The number of imide groups is 1. The van der Waals surface area contributed by atoms with Crippen molar-refractivity contribution in [2.24, 2.45) is 0 Å². The van der Waals surface area contributed by atoms with E-state index in [0.29, 0.717) is 18.8 Å². The Morgan fingerprint density at radius 2 is 1.92 bits per heavy atom. The van der Waals surface area contributed by atoms with E-state index in [1.807, 2.05) is 0 Å². The molecule has 9 nitrogen and oxygen atoms in total. The Hall–Kier alpha value is -3.10. The highest BCUT2D eigenvalue weighted by molar-refractivity contribution is 6.04. The topological polar surface area (TPSA) is 108 Å². The number of piperazine rings is 1. The third kappa shape index (κ3) is 3.76. The number of nitrogens with one attached hydrogen (secondary N) is 2. The summed E-state index contributed by atoms with van der Waals surface area (Å²) in [4.78, 5) is 50.4. The molecule has 2 N–H and O–H groups in total. The maximum atomic E-state index is 12.4. The summed E-state index contributed by atoms with van der Waals surface area (Å²) in [5.41, 5.74) is 0.758. The molecule has 0 bridgehead atoms. The number of hydrogen-bond acceptors (Lipinski definition) is 5. The fourth-order valence-electron chi connectivity index (χ4n) is 3.01. The minimum absolute atomic E-state index is 0.00587. The molecule has 1 aromatic rings. The van der Waals surface area contributed by atoms with Crippen molar-refractivity contribution >= 4 is 29.4 Å². The first-order valence-corrected chi connectivity index (χ1v) is 8.31. The Morgan fingerprint density at radius 1 is 1.19 bits per heavy atom. The van der Waals surface area contributed by atoms with Crippen molar-refractivity contribution in [2.45, 2.75) is 18.9 Å². The fourth-order valence-corrected chi connectivity index (χ4v) is 3.01. The van der Waals surface area contributed by atoms with Gasteiger partial charge in [0, 0.05) is 25.2 Å². The lowest BCUT2D eigenvalue weighted by Crippen LogP contribution is -2.52. The van der Waals surface area contributed by atoms with Crippen molar-refractivity contribution < 1.29 is 23.9 Å². The molecule has 26 heavy (non-hydrogen) atoms. The van der Waals surface area contributed by atoms with Crippen LogP contribution >= 0.6 is 0 Å². The number of hydrogen-bond donors (Lipinski definition) is 2. The lowest BCUT2D eigenvalue weighted by molar-refractivity contribution is -0.137. The number of ether oxygens (including phenoxy) is 1. The maximum Gasteiger partial charge on any atom is 0.322 e. The Labute approximate surface area is 150 Å². The molecule has 0 aromatic heterocycles. The maximum absolute atomic E-state index is 12.4. The van der Waals surface area contributed by atoms with Gasteiger partial charge in [0.25, 0.3) is 5.91 Å². The van der Waals surface area contributed by atoms with E-state index in [1.165, 1.54) is 4.90 Å². The molecular weight excluding hydrogens is 340 g/mol. The summed E-state index contributed by atoms with van der Waals surface area (Å²) in [5, 5.41) is 4.58. The van der Waals surface area contributed by atoms with Gasteiger partial charge in [-0.15, -0.1) is 0 Å². The minimum Gasteiger partial charge on any atom is -0.497 e. The van der Waals surface area contributed by atoms with E-state index in [0.717, 1.165) is 5.69 Å². The first-order valence-electron chi connectivity index (χ1n) is 8.31. The SMILES string of the molecule is COc1ccc(N2CCN(C(=O)CC[C@H]3NC(=O)NC3=O)CC2=O)cc1. The molecule has 0 spiro atoms. The zero-order valence-electron chi connectivity index (χ0n) is 14.4. The minimum atomic E-state index is -0.692. The highest BCUT2D eigenvalue weighted by Crippen LogP contribution is 2.21. The standard InChI is InChI=1S/C17H20N4O5/c1-26-12-4-2-11(3-5-12)21-9-8-20(10-15(21)23)14(22)7-6-13-16(24)19-17(25)18-13/h2-5,13H,6-10H2,1H3,(H2,18,19,24,25)/t13-/m1/s1. The van der Waals surface area contributed by atoms with Crippen LogP contribution in [0.3, 0.4) is 0 Å². The number of amides is 5. The summed E-state index contributed by atoms with van der Waals surface area (Å²) in [6.45, 7) is 0.811. The van der Waals surface area contributed by atoms with Gasteiger partial charge in [0.2, 0.25) is 11.8 Å². The molecule has 1 atom stereocenters. The van der Waals surface area contributed by atoms with Crippen molar-refractivity contribution in [1.82, 2.24) is 15.5 Å². The van der Waals surface area contributed by atoms with E-state index in [2.05, 4.69) is 10.6 Å². The third-order valence-electron chi connectivity index (χ3n) is 4.46. The van der Waals surface area contributed by atoms with Crippen LogP contribution in [-0.4, -0.2) is 61.4 Å². The number of carbonyl (C=O) groups excluding carboxylic acids is 4. The Kier molecular flexibility index (Phi) is 5.06. The van der Waals surface area contributed by atoms with Gasteiger partial charge in [0.15, 0.2) is 0 Å². The lowest BCUT2D eigenvalue weighted by Gasteiger charge is -2.34. The van der Waals surface area contributed by atoms with E-state index < -0.39 is 18.0 Å². The number of rotatable bonds is 5. The van der Waals surface area contributed by atoms with Crippen molar-refractivity contribution in [1.29, 1.82) is 0 Å². The second kappa shape index (κ2) is 7.42. The van der Waals surface area contributed by atoms with Crippen molar-refractivity contribution in [3.63, 3.8) is 0 Å². The van der Waals surface area contributed by atoms with E-state index in [1.54, 1.807) is 36.3 Å². The number of nitrogens with zero attached hydrogens (tertiary/aromatic N) is 2. The number of urea groups is 1. The predicted molar refractivity (Wildman–Crippen MR) is 91.6 cm³/mol. The van der Waals surface area contributed by atoms with Gasteiger partial charge in [-0.25, -0.2) is 4.79 Å². The Bertz CT molecular complexity index is 733. The molecule has 1 aromatic carbocycles. The van der Waals surface area contributed by atoms with Crippen LogP contribution in [0.2, 0.25) is 0 Å². The van der Waals surface area contributed by atoms with Crippen LogP contribution in [0.15, 0.2) is 24.3 Å². The van der Waals surface area contributed by atoms with Gasteiger partial charge in [-0.2, -0.15) is 0 Å². The van der Waals surface area contributed by atoms with Crippen LogP contribution in [0.25, 0.3) is 0 Å². The van der Waals surface area contributed by atoms with E-state index in [4.69, 9.17) is 4.74 Å². The Morgan fingerprint density at radius 3 is 2.50 bits per heavy atom. The van der Waals surface area contributed by atoms with Gasteiger partial charge in [0.1, 0.15) is 18.3 Å². The largest absolute Gasteiger partial charge is 0.497 e. The van der Waals surface area contributed by atoms with E-state index >= 15 is 0 Å². The quantitative estimate of drug-likeness (QED) is 0.711. The summed E-state index contributed by atoms with van der Waals surface area (Å²) >= 11 is 0. The molecule has 0 aliphatic carbocycles. The first kappa shape index (κ1) is 17.7. The summed E-state index contributed by atoms with van der Waals surface area (Å²) < 4.78 is 5.10. The van der Waals surface area contributed by atoms with E-state index in [-0.39, 0.29) is 31.2 Å². The van der Waals surface area contributed by atoms with Gasteiger partial charge >= 0.3 is 6.03 Å². The summed E-state index contributed by atoms with van der Waals surface area (Å²) in [7, 11) is 1.57. The second-order valence-corrected chi connectivity index (χ2v) is 6.11. The number of carbonyl (C=O) groups is 4. The van der Waals surface area contributed by atoms with Gasteiger partial charge in [-0.05, 0) is 30.7 Å². The van der Waals surface area contributed by atoms with Crippen LogP contribution in [0.5, 0.6) is 5.75 Å². The molecule has 3 rings (SSSR count). The monoisotopic (exact) mass is 360 g/mol. The highest BCUT2D eigenvalue weighted by Gasteiger charge is 2.32. The fraction of sp³-hybridized carbons (Fsp3) is 0.412. The normalized spacial score (nSPS) is 20.0. The molecule has 138 valence electrons. The average Bonchev–Trinajstić information content (AvgIpc) is 2.97. The molecule has 2 aliphatic heterocycles. The molecule has 9 heteroatoms. The Balaban J connectivity index is 1.52. The van der Waals surface area contributed by atoms with Gasteiger partial charge < -0.3 is 19.9 Å². The van der Waals surface area contributed by atoms with Crippen LogP contribution < -0.4 is 20.3 Å². The second-order valence-electron chi connectivity index (χ2n) is 6.11. The molecule has 5 amide bonds. The zero-order valence-corrected chi connectivity index (χ0v) is 14.4. The summed E-state index contributed by atoms with van der Waals surface area (Å²) in [6.07, 6.45) is 0.303. The predicted octanol–water partition coefficient (Wildman–Crippen LogP) is -0.141. The number of methoxy groups -OCH3 is 1. The van der Waals surface area contributed by atoms with Gasteiger partial charge in [-0.3, -0.25) is 19.7 Å². The highest BCUT2D eigenvalue weighted by atomic mass is 16.5. The molecular formula is C17H20N4O5. The van der Waals surface area contributed by atoms with Crippen molar-refractivity contribution in [2.75, 3.05) is 31.6 Å². The van der Waals surface area contributed by atoms with Crippen LogP contribution in [0.1, 0.15) is 12.8 Å². The van der Waals surface area contributed by atoms with Crippen LogP contribution in [0, 0.1) is 0 Å². The van der Waals surface area contributed by atoms with Crippen molar-refractivity contribution in [3.05, 3.63) is 24.3 Å². The molecule has 2 fully saturated rings.